The van der Waals surface area contributed by atoms with E-state index in [1.54, 1.807) is 0 Å². The van der Waals surface area contributed by atoms with Crippen molar-refractivity contribution in [2.75, 3.05) is 6.61 Å². The summed E-state index contributed by atoms with van der Waals surface area (Å²) in [7, 11) is 0. The summed E-state index contributed by atoms with van der Waals surface area (Å²) < 4.78 is 5.77. The maximum absolute atomic E-state index is 11.8. The highest BCUT2D eigenvalue weighted by atomic mass is 16.5. The first-order valence-corrected chi connectivity index (χ1v) is 7.43. The van der Waals surface area contributed by atoms with Gasteiger partial charge in [0.2, 0.25) is 0 Å². The topological polar surface area (TPSA) is 46.5 Å². The van der Waals surface area contributed by atoms with Gasteiger partial charge in [0.05, 0.1) is 11.5 Å². The molecular formula is C18H20O3. The molecule has 1 fully saturated rings. The fourth-order valence-corrected chi connectivity index (χ4v) is 3.33. The van der Waals surface area contributed by atoms with E-state index in [4.69, 9.17) is 4.74 Å². The van der Waals surface area contributed by atoms with E-state index < -0.39 is 17.5 Å². The molecule has 0 aliphatic carbocycles. The lowest BCUT2D eigenvalue weighted by atomic mass is 9.81. The standard InChI is InChI=1S/C18H20O3/c1-18(10-5-11-21-18)16(17(19)20)12-14-8-4-7-13-6-2-3-9-15(13)14/h2-4,6-9,16H,5,10-12H2,1H3,(H,19,20). The fraction of sp³-hybridized carbons (Fsp3) is 0.389. The molecule has 0 amide bonds. The van der Waals surface area contributed by atoms with Crippen LogP contribution in [0.4, 0.5) is 0 Å². The zero-order chi connectivity index (χ0) is 14.9. The second-order valence-corrected chi connectivity index (χ2v) is 6.00. The lowest BCUT2D eigenvalue weighted by molar-refractivity contribution is -0.152. The van der Waals surface area contributed by atoms with Gasteiger partial charge < -0.3 is 9.84 Å². The van der Waals surface area contributed by atoms with E-state index in [9.17, 15) is 9.90 Å². The predicted molar refractivity (Wildman–Crippen MR) is 82.4 cm³/mol. The van der Waals surface area contributed by atoms with Gasteiger partial charge in [0.25, 0.3) is 0 Å². The number of hydrogen-bond donors (Lipinski definition) is 1. The molecule has 0 spiro atoms. The second-order valence-electron chi connectivity index (χ2n) is 6.00. The minimum absolute atomic E-state index is 0.507. The minimum atomic E-state index is -0.771. The van der Waals surface area contributed by atoms with Crippen molar-refractivity contribution in [1.29, 1.82) is 0 Å². The molecule has 2 atom stereocenters. The largest absolute Gasteiger partial charge is 0.481 e. The van der Waals surface area contributed by atoms with Gasteiger partial charge in [-0.2, -0.15) is 0 Å². The molecule has 1 heterocycles. The third-order valence-electron chi connectivity index (χ3n) is 4.59. The molecule has 21 heavy (non-hydrogen) atoms. The molecule has 3 rings (SSSR count). The van der Waals surface area contributed by atoms with Gasteiger partial charge in [0.15, 0.2) is 0 Å². The summed E-state index contributed by atoms with van der Waals surface area (Å²) in [5, 5.41) is 11.9. The third kappa shape index (κ3) is 2.66. The van der Waals surface area contributed by atoms with E-state index in [0.717, 1.165) is 29.2 Å². The van der Waals surface area contributed by atoms with E-state index in [1.165, 1.54) is 0 Å². The minimum Gasteiger partial charge on any atom is -0.481 e. The Kier molecular flexibility index (Phi) is 3.68. The molecule has 2 aromatic rings. The molecule has 0 aromatic heterocycles. The molecule has 0 bridgehead atoms. The summed E-state index contributed by atoms with van der Waals surface area (Å²) in [6.45, 7) is 2.60. The Morgan fingerprint density at radius 1 is 1.29 bits per heavy atom. The van der Waals surface area contributed by atoms with E-state index >= 15 is 0 Å². The van der Waals surface area contributed by atoms with Gasteiger partial charge in [0, 0.05) is 6.61 Å². The highest BCUT2D eigenvalue weighted by Crippen LogP contribution is 2.36. The molecule has 1 N–H and O–H groups in total. The molecule has 0 saturated carbocycles. The summed E-state index contributed by atoms with van der Waals surface area (Å²) in [6, 6.07) is 14.2. The van der Waals surface area contributed by atoms with Crippen LogP contribution in [0, 0.1) is 5.92 Å². The first-order chi connectivity index (χ1) is 10.1. The van der Waals surface area contributed by atoms with Crippen molar-refractivity contribution in [3.63, 3.8) is 0 Å². The van der Waals surface area contributed by atoms with Gasteiger partial charge in [0.1, 0.15) is 0 Å². The lowest BCUT2D eigenvalue weighted by Gasteiger charge is -2.30. The monoisotopic (exact) mass is 284 g/mol. The Morgan fingerprint density at radius 3 is 2.76 bits per heavy atom. The van der Waals surface area contributed by atoms with Crippen LogP contribution in [0.1, 0.15) is 25.3 Å². The van der Waals surface area contributed by atoms with E-state index in [0.29, 0.717) is 13.0 Å². The van der Waals surface area contributed by atoms with Crippen molar-refractivity contribution >= 4 is 16.7 Å². The van der Waals surface area contributed by atoms with Crippen LogP contribution in [-0.4, -0.2) is 23.3 Å². The molecule has 110 valence electrons. The number of aliphatic carboxylic acids is 1. The number of carboxylic acids is 1. The van der Waals surface area contributed by atoms with Crippen molar-refractivity contribution in [2.24, 2.45) is 5.92 Å². The number of fused-ring (bicyclic) bond motifs is 1. The van der Waals surface area contributed by atoms with Crippen molar-refractivity contribution in [3.05, 3.63) is 48.0 Å². The number of benzene rings is 2. The van der Waals surface area contributed by atoms with Crippen molar-refractivity contribution in [2.45, 2.75) is 31.8 Å². The van der Waals surface area contributed by atoms with E-state index in [2.05, 4.69) is 18.2 Å². The van der Waals surface area contributed by atoms with Crippen LogP contribution < -0.4 is 0 Å². The normalized spacial score (nSPS) is 23.3. The first-order valence-electron chi connectivity index (χ1n) is 7.43. The molecule has 2 aromatic carbocycles. The Labute approximate surface area is 124 Å². The Balaban J connectivity index is 1.97. The van der Waals surface area contributed by atoms with Crippen LogP contribution >= 0.6 is 0 Å². The van der Waals surface area contributed by atoms with Crippen molar-refractivity contribution in [3.8, 4) is 0 Å². The Hall–Kier alpha value is -1.87. The van der Waals surface area contributed by atoms with Gasteiger partial charge in [-0.25, -0.2) is 0 Å². The van der Waals surface area contributed by atoms with Crippen molar-refractivity contribution in [1.82, 2.24) is 0 Å². The molecular weight excluding hydrogens is 264 g/mol. The van der Waals surface area contributed by atoms with Gasteiger partial charge in [-0.3, -0.25) is 4.79 Å². The van der Waals surface area contributed by atoms with Crippen LogP contribution in [-0.2, 0) is 16.0 Å². The number of ether oxygens (including phenoxy) is 1. The summed E-state index contributed by atoms with van der Waals surface area (Å²) in [5.74, 6) is -1.28. The maximum Gasteiger partial charge on any atom is 0.309 e. The maximum atomic E-state index is 11.8. The molecule has 0 radical (unpaired) electrons. The average Bonchev–Trinajstić information content (AvgIpc) is 2.92. The number of carboxylic acid groups (broad SMARTS) is 1. The second kappa shape index (κ2) is 5.49. The zero-order valence-corrected chi connectivity index (χ0v) is 12.2. The highest BCUT2D eigenvalue weighted by Gasteiger charge is 2.42. The molecule has 1 saturated heterocycles. The van der Waals surface area contributed by atoms with Crippen molar-refractivity contribution < 1.29 is 14.6 Å². The summed E-state index contributed by atoms with van der Waals surface area (Å²) in [6.07, 6.45) is 2.26. The predicted octanol–water partition coefficient (Wildman–Crippen LogP) is 3.65. The quantitative estimate of drug-likeness (QED) is 0.932. The average molecular weight is 284 g/mol. The molecule has 3 nitrogen and oxygen atoms in total. The number of hydrogen-bond acceptors (Lipinski definition) is 2. The van der Waals surface area contributed by atoms with E-state index in [-0.39, 0.29) is 0 Å². The molecule has 1 aliphatic rings. The summed E-state index contributed by atoms with van der Waals surface area (Å²) in [4.78, 5) is 11.8. The molecule has 1 aliphatic heterocycles. The smallest absolute Gasteiger partial charge is 0.309 e. The van der Waals surface area contributed by atoms with Gasteiger partial charge in [-0.1, -0.05) is 42.5 Å². The Bertz CT molecular complexity index is 651. The number of carbonyl (C=O) groups is 1. The SMILES string of the molecule is CC1(C(Cc2cccc3ccccc23)C(=O)O)CCCO1. The summed E-state index contributed by atoms with van der Waals surface area (Å²) in [5.41, 5.74) is 0.528. The number of rotatable bonds is 4. The summed E-state index contributed by atoms with van der Waals surface area (Å²) >= 11 is 0. The highest BCUT2D eigenvalue weighted by molar-refractivity contribution is 5.86. The van der Waals surface area contributed by atoms with Gasteiger partial charge in [-0.05, 0) is 42.5 Å². The molecule has 3 heteroatoms. The van der Waals surface area contributed by atoms with E-state index in [1.807, 2.05) is 31.2 Å². The third-order valence-corrected chi connectivity index (χ3v) is 4.59. The van der Waals surface area contributed by atoms with Crippen LogP contribution in [0.3, 0.4) is 0 Å². The van der Waals surface area contributed by atoms with Crippen LogP contribution in [0.15, 0.2) is 42.5 Å². The Morgan fingerprint density at radius 2 is 2.05 bits per heavy atom. The van der Waals surface area contributed by atoms with Crippen LogP contribution in [0.2, 0.25) is 0 Å². The van der Waals surface area contributed by atoms with Gasteiger partial charge in [-0.15, -0.1) is 0 Å². The molecule has 2 unspecified atom stereocenters. The first kappa shape index (κ1) is 14.1. The zero-order valence-electron chi connectivity index (χ0n) is 12.2. The lowest BCUT2D eigenvalue weighted by Crippen LogP contribution is -2.40. The van der Waals surface area contributed by atoms with Crippen LogP contribution in [0.25, 0.3) is 10.8 Å². The van der Waals surface area contributed by atoms with Gasteiger partial charge >= 0.3 is 5.97 Å². The van der Waals surface area contributed by atoms with Crippen LogP contribution in [0.5, 0.6) is 0 Å². The fourth-order valence-electron chi connectivity index (χ4n) is 3.33.